The number of amides is 2. The van der Waals surface area contributed by atoms with Crippen molar-refractivity contribution in [3.8, 4) is 0 Å². The van der Waals surface area contributed by atoms with Crippen LogP contribution in [-0.4, -0.2) is 29.0 Å². The molecule has 2 amide bonds. The fourth-order valence-electron chi connectivity index (χ4n) is 5.57. The van der Waals surface area contributed by atoms with Crippen LogP contribution in [0.15, 0.2) is 66.7 Å². The fraction of sp³-hybridized carbons (Fsp3) is 0.185. The number of carbonyl (C=O) groups excluding carboxylic acids is 4. The third kappa shape index (κ3) is 2.88. The SMILES string of the molecule is Cc1cccc([C@@H]2OC3(C(=O)c4ccccc4C3=O)[C@@H]3C(=O)N(c4ccc(Cl)cc4Cl)C(=O)[C@@H]32)c1. The number of carbonyl (C=O) groups is 4. The Morgan fingerprint density at radius 3 is 2.14 bits per heavy atom. The summed E-state index contributed by atoms with van der Waals surface area (Å²) in [6, 6.07) is 18.1. The number of imide groups is 1. The van der Waals surface area contributed by atoms with E-state index in [9.17, 15) is 19.2 Å². The van der Waals surface area contributed by atoms with Crippen LogP contribution in [-0.2, 0) is 14.3 Å². The molecule has 0 aromatic heterocycles. The van der Waals surface area contributed by atoms with Crippen molar-refractivity contribution in [1.29, 1.82) is 0 Å². The number of nitrogens with zero attached hydrogens (tertiary/aromatic N) is 1. The molecule has 2 aliphatic heterocycles. The van der Waals surface area contributed by atoms with Crippen molar-refractivity contribution in [2.45, 2.75) is 18.6 Å². The molecular weight excluding hydrogens is 489 g/mol. The van der Waals surface area contributed by atoms with Crippen molar-refractivity contribution in [3.05, 3.63) is 99.0 Å². The quantitative estimate of drug-likeness (QED) is 0.361. The first-order chi connectivity index (χ1) is 16.8. The number of ketones is 2. The Balaban J connectivity index is 1.56. The summed E-state index contributed by atoms with van der Waals surface area (Å²) in [7, 11) is 0. The standard InChI is InChI=1S/C27H17Cl2NO5/c1-13-5-4-6-14(11-13)22-20-21(26(34)30(25(20)33)19-10-9-15(28)12-18(19)29)27(35-22)23(31)16-7-2-3-8-17(16)24(27)32/h2-12,20-22H,1H3/t20-,21-,22-/m0/s1. The second-order valence-corrected chi connectivity index (χ2v) is 9.85. The molecule has 6 rings (SSSR count). The molecule has 1 spiro atoms. The van der Waals surface area contributed by atoms with Gasteiger partial charge in [0.25, 0.3) is 0 Å². The second kappa shape index (κ2) is 7.59. The van der Waals surface area contributed by atoms with Crippen LogP contribution in [0.5, 0.6) is 0 Å². The van der Waals surface area contributed by atoms with E-state index in [-0.39, 0.29) is 21.8 Å². The molecule has 2 saturated heterocycles. The fourth-order valence-corrected chi connectivity index (χ4v) is 6.06. The second-order valence-electron chi connectivity index (χ2n) is 9.00. The molecule has 35 heavy (non-hydrogen) atoms. The minimum atomic E-state index is -2.12. The van der Waals surface area contributed by atoms with E-state index in [1.54, 1.807) is 24.3 Å². The highest BCUT2D eigenvalue weighted by Gasteiger charge is 2.74. The maximum Gasteiger partial charge on any atom is 0.241 e. The lowest BCUT2D eigenvalue weighted by Crippen LogP contribution is -2.51. The molecule has 0 bridgehead atoms. The van der Waals surface area contributed by atoms with Crippen LogP contribution >= 0.6 is 23.2 Å². The summed E-state index contributed by atoms with van der Waals surface area (Å²) in [6.45, 7) is 1.88. The Morgan fingerprint density at radius 1 is 0.829 bits per heavy atom. The van der Waals surface area contributed by atoms with Crippen molar-refractivity contribution >= 4 is 52.3 Å². The van der Waals surface area contributed by atoms with E-state index in [0.717, 1.165) is 10.5 Å². The Hall–Kier alpha value is -3.32. The van der Waals surface area contributed by atoms with E-state index in [1.165, 1.54) is 30.3 Å². The van der Waals surface area contributed by atoms with Gasteiger partial charge < -0.3 is 4.74 Å². The average molecular weight is 506 g/mol. The third-order valence-electron chi connectivity index (χ3n) is 7.04. The summed E-state index contributed by atoms with van der Waals surface area (Å²) in [5.74, 6) is -4.90. The van der Waals surface area contributed by atoms with Gasteiger partial charge in [0.2, 0.25) is 29.0 Å². The normalized spacial score (nSPS) is 24.4. The van der Waals surface area contributed by atoms with Crippen molar-refractivity contribution in [2.24, 2.45) is 11.8 Å². The Morgan fingerprint density at radius 2 is 1.51 bits per heavy atom. The van der Waals surface area contributed by atoms with E-state index < -0.39 is 46.9 Å². The molecule has 0 N–H and O–H groups in total. The number of benzene rings is 3. The van der Waals surface area contributed by atoms with Gasteiger partial charge in [-0.2, -0.15) is 0 Å². The van der Waals surface area contributed by atoms with E-state index in [0.29, 0.717) is 10.6 Å². The van der Waals surface area contributed by atoms with Crippen molar-refractivity contribution in [3.63, 3.8) is 0 Å². The van der Waals surface area contributed by atoms with Crippen molar-refractivity contribution in [2.75, 3.05) is 4.90 Å². The molecule has 6 nitrogen and oxygen atoms in total. The van der Waals surface area contributed by atoms with Gasteiger partial charge in [0.05, 0.1) is 28.6 Å². The number of anilines is 1. The smallest absolute Gasteiger partial charge is 0.241 e. The van der Waals surface area contributed by atoms with Crippen LogP contribution in [0.3, 0.4) is 0 Å². The summed E-state index contributed by atoms with van der Waals surface area (Å²) in [4.78, 5) is 56.2. The van der Waals surface area contributed by atoms with E-state index >= 15 is 0 Å². The number of hydrogen-bond donors (Lipinski definition) is 0. The third-order valence-corrected chi connectivity index (χ3v) is 7.58. The molecule has 3 atom stereocenters. The molecule has 0 saturated carbocycles. The van der Waals surface area contributed by atoms with Crippen molar-refractivity contribution < 1.29 is 23.9 Å². The summed E-state index contributed by atoms with van der Waals surface area (Å²) in [6.07, 6.45) is -0.977. The minimum absolute atomic E-state index is 0.105. The summed E-state index contributed by atoms with van der Waals surface area (Å²) in [5.41, 5.74) is -0.0879. The molecule has 3 aliphatic rings. The van der Waals surface area contributed by atoms with Crippen LogP contribution in [0.1, 0.15) is 37.9 Å². The number of Topliss-reactive ketones (excluding diaryl/α,β-unsaturated/α-hetero) is 2. The van der Waals surface area contributed by atoms with Crippen LogP contribution < -0.4 is 4.90 Å². The molecule has 3 aromatic rings. The Kier molecular flexibility index (Phi) is 4.81. The maximum atomic E-state index is 13.9. The van der Waals surface area contributed by atoms with E-state index in [4.69, 9.17) is 27.9 Å². The molecule has 174 valence electrons. The molecule has 1 aliphatic carbocycles. The number of hydrogen-bond acceptors (Lipinski definition) is 5. The number of ether oxygens (including phenoxy) is 1. The van der Waals surface area contributed by atoms with Gasteiger partial charge in [-0.3, -0.25) is 19.2 Å². The Labute approximate surface area is 210 Å². The van der Waals surface area contributed by atoms with Gasteiger partial charge in [-0.25, -0.2) is 4.90 Å². The largest absolute Gasteiger partial charge is 0.349 e. The molecule has 8 heteroatoms. The van der Waals surface area contributed by atoms with Gasteiger partial charge in [-0.05, 0) is 30.7 Å². The van der Waals surface area contributed by atoms with Gasteiger partial charge in [0.15, 0.2) is 0 Å². The number of fused-ring (bicyclic) bond motifs is 3. The maximum absolute atomic E-state index is 13.9. The topological polar surface area (TPSA) is 80.8 Å². The lowest BCUT2D eigenvalue weighted by Gasteiger charge is -2.27. The zero-order valence-electron chi connectivity index (χ0n) is 18.3. The van der Waals surface area contributed by atoms with E-state index in [1.807, 2.05) is 19.1 Å². The van der Waals surface area contributed by atoms with Crippen LogP contribution in [0.2, 0.25) is 10.0 Å². The minimum Gasteiger partial charge on any atom is -0.349 e. The van der Waals surface area contributed by atoms with Gasteiger partial charge in [-0.1, -0.05) is 77.3 Å². The molecular formula is C27H17Cl2NO5. The lowest BCUT2D eigenvalue weighted by atomic mass is 9.77. The first-order valence-electron chi connectivity index (χ1n) is 11.0. The van der Waals surface area contributed by atoms with Gasteiger partial charge in [-0.15, -0.1) is 0 Å². The molecule has 0 radical (unpaired) electrons. The number of halogens is 2. The van der Waals surface area contributed by atoms with Crippen LogP contribution in [0.25, 0.3) is 0 Å². The number of aryl methyl sites for hydroxylation is 1. The number of rotatable bonds is 2. The Bertz CT molecular complexity index is 1450. The van der Waals surface area contributed by atoms with Crippen LogP contribution in [0, 0.1) is 18.8 Å². The van der Waals surface area contributed by atoms with E-state index in [2.05, 4.69) is 0 Å². The molecule has 0 unspecified atom stereocenters. The highest BCUT2D eigenvalue weighted by atomic mass is 35.5. The zero-order chi connectivity index (χ0) is 24.6. The van der Waals surface area contributed by atoms with Crippen molar-refractivity contribution in [1.82, 2.24) is 0 Å². The molecule has 2 heterocycles. The van der Waals surface area contributed by atoms with Crippen LogP contribution in [0.4, 0.5) is 5.69 Å². The molecule has 2 fully saturated rings. The van der Waals surface area contributed by atoms with Gasteiger partial charge in [0, 0.05) is 16.1 Å². The summed E-state index contributed by atoms with van der Waals surface area (Å²) in [5, 5.41) is 0.445. The first-order valence-corrected chi connectivity index (χ1v) is 11.8. The monoisotopic (exact) mass is 505 g/mol. The predicted octanol–water partition coefficient (Wildman–Crippen LogP) is 5.00. The van der Waals surface area contributed by atoms with Gasteiger partial charge >= 0.3 is 0 Å². The average Bonchev–Trinajstić information content (AvgIpc) is 3.40. The zero-order valence-corrected chi connectivity index (χ0v) is 19.8. The predicted molar refractivity (Wildman–Crippen MR) is 129 cm³/mol. The first kappa shape index (κ1) is 22.2. The highest BCUT2D eigenvalue weighted by Crippen LogP contribution is 2.58. The van der Waals surface area contributed by atoms with Gasteiger partial charge in [0.1, 0.15) is 0 Å². The summed E-state index contributed by atoms with van der Waals surface area (Å²) >= 11 is 12.4. The lowest BCUT2D eigenvalue weighted by molar-refractivity contribution is -0.127. The highest BCUT2D eigenvalue weighted by molar-refractivity contribution is 6.40. The molecule has 3 aromatic carbocycles. The summed E-state index contributed by atoms with van der Waals surface area (Å²) < 4.78 is 6.28.